The van der Waals surface area contributed by atoms with Crippen LogP contribution >= 0.6 is 11.3 Å². The zero-order chi connectivity index (χ0) is 14.9. The van der Waals surface area contributed by atoms with E-state index in [2.05, 4.69) is 35.8 Å². The van der Waals surface area contributed by atoms with Crippen LogP contribution in [0.1, 0.15) is 24.3 Å². The van der Waals surface area contributed by atoms with Crippen molar-refractivity contribution in [2.75, 3.05) is 19.8 Å². The van der Waals surface area contributed by atoms with Crippen LogP contribution in [0.3, 0.4) is 0 Å². The highest BCUT2D eigenvalue weighted by Gasteiger charge is 2.11. The molecule has 1 aromatic carbocycles. The fourth-order valence-corrected chi connectivity index (χ4v) is 2.79. The Labute approximate surface area is 130 Å². The monoisotopic (exact) mass is 305 g/mol. The topological polar surface area (TPSA) is 30.5 Å². The first-order valence-electron chi connectivity index (χ1n) is 7.45. The highest BCUT2D eigenvalue weighted by molar-refractivity contribution is 7.09. The van der Waals surface area contributed by atoms with Gasteiger partial charge in [0, 0.05) is 23.4 Å². The Morgan fingerprint density at radius 1 is 1.10 bits per heavy atom. The maximum atomic E-state index is 6.03. The van der Waals surface area contributed by atoms with E-state index < -0.39 is 0 Å². The Balaban J connectivity index is 2.05. The molecule has 1 heterocycles. The van der Waals surface area contributed by atoms with Crippen molar-refractivity contribution in [2.24, 2.45) is 0 Å². The average molecular weight is 305 g/mol. The quantitative estimate of drug-likeness (QED) is 0.762. The van der Waals surface area contributed by atoms with Gasteiger partial charge in [-0.15, -0.1) is 11.3 Å². The van der Waals surface area contributed by atoms with E-state index in [0.29, 0.717) is 13.2 Å². The fourth-order valence-electron chi connectivity index (χ4n) is 2.10. The van der Waals surface area contributed by atoms with Crippen LogP contribution in [0.4, 0.5) is 0 Å². The van der Waals surface area contributed by atoms with Crippen molar-refractivity contribution in [1.29, 1.82) is 0 Å². The normalized spacial score (nSPS) is 10.6. The van der Waals surface area contributed by atoms with Gasteiger partial charge in [-0.2, -0.15) is 0 Å². The molecule has 2 aromatic rings. The molecule has 1 N–H and O–H groups in total. The predicted octanol–water partition coefficient (Wildman–Crippen LogP) is 3.88. The van der Waals surface area contributed by atoms with Crippen molar-refractivity contribution in [2.45, 2.75) is 26.8 Å². The van der Waals surface area contributed by atoms with E-state index in [1.165, 1.54) is 4.88 Å². The van der Waals surface area contributed by atoms with Crippen LogP contribution in [0.5, 0.6) is 11.5 Å². The lowest BCUT2D eigenvalue weighted by molar-refractivity contribution is 0.276. The summed E-state index contributed by atoms with van der Waals surface area (Å²) in [6, 6.07) is 10.3. The molecule has 0 bridgehead atoms. The summed E-state index contributed by atoms with van der Waals surface area (Å²) >= 11 is 1.77. The lowest BCUT2D eigenvalue weighted by Crippen LogP contribution is -2.14. The number of hydrogen-bond donors (Lipinski definition) is 1. The molecule has 1 aromatic heterocycles. The molecule has 0 saturated heterocycles. The summed E-state index contributed by atoms with van der Waals surface area (Å²) in [5.41, 5.74) is 1.15. The molecule has 0 atom stereocenters. The van der Waals surface area contributed by atoms with Gasteiger partial charge in [0.05, 0.1) is 13.2 Å². The van der Waals surface area contributed by atoms with Gasteiger partial charge in [0.1, 0.15) is 0 Å². The summed E-state index contributed by atoms with van der Waals surface area (Å²) in [7, 11) is 0. The number of benzene rings is 1. The molecule has 0 radical (unpaired) electrons. The van der Waals surface area contributed by atoms with Gasteiger partial charge in [0.15, 0.2) is 11.5 Å². The molecule has 0 unspecified atom stereocenters. The maximum absolute atomic E-state index is 6.03. The van der Waals surface area contributed by atoms with Gasteiger partial charge < -0.3 is 14.8 Å². The van der Waals surface area contributed by atoms with Gasteiger partial charge in [0.2, 0.25) is 0 Å². The van der Waals surface area contributed by atoms with Crippen molar-refractivity contribution in [3.63, 3.8) is 0 Å². The van der Waals surface area contributed by atoms with Crippen LogP contribution in [0, 0.1) is 0 Å². The van der Waals surface area contributed by atoms with E-state index >= 15 is 0 Å². The molecule has 21 heavy (non-hydrogen) atoms. The molecule has 0 saturated carbocycles. The summed E-state index contributed by atoms with van der Waals surface area (Å²) in [5, 5.41) is 5.44. The van der Waals surface area contributed by atoms with Crippen LogP contribution in [0.15, 0.2) is 35.7 Å². The van der Waals surface area contributed by atoms with E-state index in [1.807, 2.05) is 19.1 Å². The van der Waals surface area contributed by atoms with Gasteiger partial charge in [-0.05, 0) is 31.0 Å². The number of nitrogens with one attached hydrogen (secondary N) is 1. The van der Waals surface area contributed by atoms with Gasteiger partial charge >= 0.3 is 0 Å². The molecule has 4 heteroatoms. The third kappa shape index (κ3) is 4.76. The lowest BCUT2D eigenvalue weighted by Gasteiger charge is -2.16. The van der Waals surface area contributed by atoms with Gasteiger partial charge in [0.25, 0.3) is 0 Å². The minimum absolute atomic E-state index is 0.645. The molecule has 0 spiro atoms. The molecule has 114 valence electrons. The zero-order valence-electron chi connectivity index (χ0n) is 12.7. The molecule has 0 aliphatic heterocycles. The Hall–Kier alpha value is -1.52. The minimum atomic E-state index is 0.645. The molecular weight excluding hydrogens is 282 g/mol. The Morgan fingerprint density at radius 3 is 2.71 bits per heavy atom. The second-order valence-corrected chi connectivity index (χ2v) is 5.67. The summed E-state index contributed by atoms with van der Waals surface area (Å²) < 4.78 is 11.7. The van der Waals surface area contributed by atoms with Gasteiger partial charge in [-0.1, -0.05) is 25.1 Å². The Bertz CT molecular complexity index is 526. The number of rotatable bonds is 9. The van der Waals surface area contributed by atoms with E-state index in [9.17, 15) is 0 Å². The molecular formula is C17H23NO2S. The third-order valence-electron chi connectivity index (χ3n) is 3.10. The summed E-state index contributed by atoms with van der Waals surface area (Å²) in [6.07, 6.45) is 0.929. The van der Waals surface area contributed by atoms with E-state index in [1.54, 1.807) is 11.3 Å². The van der Waals surface area contributed by atoms with Crippen LogP contribution in [0.25, 0.3) is 0 Å². The Morgan fingerprint density at radius 2 is 2.00 bits per heavy atom. The highest BCUT2D eigenvalue weighted by Crippen LogP contribution is 2.31. The van der Waals surface area contributed by atoms with Crippen LogP contribution < -0.4 is 14.8 Å². The molecule has 3 nitrogen and oxygen atoms in total. The molecule has 2 rings (SSSR count). The van der Waals surface area contributed by atoms with E-state index in [-0.39, 0.29) is 0 Å². The number of thiophene rings is 1. The number of para-hydroxylation sites is 1. The van der Waals surface area contributed by atoms with Gasteiger partial charge in [-0.3, -0.25) is 0 Å². The predicted molar refractivity (Wildman–Crippen MR) is 88.5 cm³/mol. The summed E-state index contributed by atoms with van der Waals surface area (Å²) in [4.78, 5) is 1.34. The summed E-state index contributed by atoms with van der Waals surface area (Å²) in [5.74, 6) is 1.70. The first-order valence-corrected chi connectivity index (χ1v) is 8.33. The van der Waals surface area contributed by atoms with Crippen LogP contribution in [-0.4, -0.2) is 19.8 Å². The van der Waals surface area contributed by atoms with Crippen molar-refractivity contribution < 1.29 is 9.47 Å². The van der Waals surface area contributed by atoms with Crippen molar-refractivity contribution in [3.8, 4) is 11.5 Å². The standard InChI is InChI=1S/C17H23NO2S/c1-3-18-13-14-7-5-9-16(19-4-2)17(14)20-11-10-15-8-6-12-21-15/h5-9,12,18H,3-4,10-11,13H2,1-2H3. The second-order valence-electron chi connectivity index (χ2n) is 4.64. The van der Waals surface area contributed by atoms with E-state index in [4.69, 9.17) is 9.47 Å². The van der Waals surface area contributed by atoms with E-state index in [0.717, 1.165) is 36.6 Å². The van der Waals surface area contributed by atoms with Crippen LogP contribution in [0.2, 0.25) is 0 Å². The minimum Gasteiger partial charge on any atom is -0.490 e. The largest absolute Gasteiger partial charge is 0.490 e. The molecule has 0 aliphatic carbocycles. The third-order valence-corrected chi connectivity index (χ3v) is 4.04. The highest BCUT2D eigenvalue weighted by atomic mass is 32.1. The number of ether oxygens (including phenoxy) is 2. The van der Waals surface area contributed by atoms with Crippen molar-refractivity contribution in [1.82, 2.24) is 5.32 Å². The molecule has 0 fully saturated rings. The Kier molecular flexibility index (Phi) is 6.57. The first kappa shape index (κ1) is 15.9. The smallest absolute Gasteiger partial charge is 0.165 e. The SMILES string of the molecule is CCNCc1cccc(OCC)c1OCCc1cccs1. The zero-order valence-corrected chi connectivity index (χ0v) is 13.5. The number of hydrogen-bond acceptors (Lipinski definition) is 4. The van der Waals surface area contributed by atoms with Crippen LogP contribution in [-0.2, 0) is 13.0 Å². The van der Waals surface area contributed by atoms with Crippen molar-refractivity contribution in [3.05, 3.63) is 46.2 Å². The summed E-state index contributed by atoms with van der Waals surface area (Å²) in [6.45, 7) is 7.14. The average Bonchev–Trinajstić information content (AvgIpc) is 3.00. The van der Waals surface area contributed by atoms with Crippen molar-refractivity contribution >= 4 is 11.3 Å². The molecule has 0 aliphatic rings. The maximum Gasteiger partial charge on any atom is 0.165 e. The first-order chi connectivity index (χ1) is 10.3. The fraction of sp³-hybridized carbons (Fsp3) is 0.412. The van der Waals surface area contributed by atoms with Gasteiger partial charge in [-0.25, -0.2) is 0 Å². The second kappa shape index (κ2) is 8.70. The molecule has 0 amide bonds. The lowest BCUT2D eigenvalue weighted by atomic mass is 10.2.